The van der Waals surface area contributed by atoms with Gasteiger partial charge in [-0.2, -0.15) is 0 Å². The van der Waals surface area contributed by atoms with Gasteiger partial charge >= 0.3 is 0 Å². The molecule has 34 heavy (non-hydrogen) atoms. The molecular weight excluding hydrogens is 450 g/mol. The van der Waals surface area contributed by atoms with E-state index in [4.69, 9.17) is 4.42 Å². The number of hydrogen-bond acceptors (Lipinski definition) is 7. The van der Waals surface area contributed by atoms with Crippen molar-refractivity contribution in [3.63, 3.8) is 0 Å². The quantitative estimate of drug-likeness (QED) is 0.440. The smallest absolute Gasteiger partial charge is 0.260 e. The number of furan rings is 1. The van der Waals surface area contributed by atoms with Gasteiger partial charge in [0.05, 0.1) is 24.7 Å². The van der Waals surface area contributed by atoms with Crippen LogP contribution in [-0.2, 0) is 17.9 Å². The van der Waals surface area contributed by atoms with E-state index >= 15 is 0 Å². The van der Waals surface area contributed by atoms with E-state index in [9.17, 15) is 9.59 Å². The number of likely N-dealkylation sites (N-methyl/N-ethyl adjacent to an activating group) is 1. The Hall–Kier alpha value is -3.27. The van der Waals surface area contributed by atoms with Crippen molar-refractivity contribution in [2.75, 3.05) is 39.8 Å². The summed E-state index contributed by atoms with van der Waals surface area (Å²) in [4.78, 5) is 40.0. The molecule has 8 nitrogen and oxygen atoms in total. The summed E-state index contributed by atoms with van der Waals surface area (Å²) >= 11 is 1.42. The lowest BCUT2D eigenvalue weighted by Crippen LogP contribution is -2.50. The van der Waals surface area contributed by atoms with E-state index in [0.29, 0.717) is 28.3 Å². The minimum atomic E-state index is -0.193. The van der Waals surface area contributed by atoms with Crippen LogP contribution in [0.5, 0.6) is 0 Å². The number of aromatic nitrogens is 2. The number of H-pyrrole nitrogens is 1. The van der Waals surface area contributed by atoms with Gasteiger partial charge in [-0.3, -0.25) is 19.4 Å². The van der Waals surface area contributed by atoms with Crippen LogP contribution in [0.3, 0.4) is 0 Å². The fourth-order valence-electron chi connectivity index (χ4n) is 4.32. The van der Waals surface area contributed by atoms with Crippen molar-refractivity contribution in [2.45, 2.75) is 13.1 Å². The first kappa shape index (κ1) is 22.5. The van der Waals surface area contributed by atoms with Crippen molar-refractivity contribution in [1.29, 1.82) is 0 Å². The zero-order chi connectivity index (χ0) is 23.5. The second kappa shape index (κ2) is 9.92. The molecule has 0 saturated carbocycles. The van der Waals surface area contributed by atoms with Crippen molar-refractivity contribution < 1.29 is 9.21 Å². The van der Waals surface area contributed by atoms with Crippen LogP contribution < -0.4 is 5.56 Å². The fourth-order valence-corrected chi connectivity index (χ4v) is 5.27. The second-order valence-corrected chi connectivity index (χ2v) is 9.49. The predicted octanol–water partition coefficient (Wildman–Crippen LogP) is 3.02. The molecule has 5 rings (SSSR count). The molecule has 4 heterocycles. The summed E-state index contributed by atoms with van der Waals surface area (Å²) in [7, 11) is 1.87. The molecule has 1 amide bonds. The first-order valence-electron chi connectivity index (χ1n) is 11.3. The Morgan fingerprint density at radius 3 is 2.68 bits per heavy atom. The number of amides is 1. The third kappa shape index (κ3) is 4.96. The molecular formula is C25H27N5O3S. The largest absolute Gasteiger partial charge is 0.464 e. The van der Waals surface area contributed by atoms with Gasteiger partial charge in [0.25, 0.3) is 5.56 Å². The molecule has 1 aliphatic heterocycles. The predicted molar refractivity (Wildman–Crippen MR) is 133 cm³/mol. The maximum atomic E-state index is 12.8. The van der Waals surface area contributed by atoms with E-state index in [2.05, 4.69) is 39.1 Å². The molecule has 1 aliphatic rings. The Kier molecular flexibility index (Phi) is 6.57. The van der Waals surface area contributed by atoms with Gasteiger partial charge in [-0.25, -0.2) is 4.98 Å². The number of nitrogens with zero attached hydrogens (tertiary/aromatic N) is 4. The number of carbonyl (C=O) groups excluding carboxylic acids is 1. The molecule has 9 heteroatoms. The number of benzene rings is 1. The number of hydrogen-bond donors (Lipinski definition) is 1. The van der Waals surface area contributed by atoms with Crippen LogP contribution in [0, 0.1) is 0 Å². The Morgan fingerprint density at radius 1 is 1.15 bits per heavy atom. The molecule has 1 fully saturated rings. The molecule has 0 radical (unpaired) electrons. The maximum absolute atomic E-state index is 12.8. The minimum Gasteiger partial charge on any atom is -0.464 e. The third-order valence-electron chi connectivity index (χ3n) is 6.08. The number of piperazine rings is 1. The highest BCUT2D eigenvalue weighted by Gasteiger charge is 2.22. The van der Waals surface area contributed by atoms with Crippen molar-refractivity contribution in [3.8, 4) is 11.3 Å². The fraction of sp³-hybridized carbons (Fsp3) is 0.320. The highest BCUT2D eigenvalue weighted by molar-refractivity contribution is 7.17. The van der Waals surface area contributed by atoms with Gasteiger partial charge in [0.2, 0.25) is 5.91 Å². The van der Waals surface area contributed by atoms with E-state index in [1.165, 1.54) is 16.9 Å². The van der Waals surface area contributed by atoms with E-state index < -0.39 is 0 Å². The number of nitrogens with one attached hydrogen (secondary N) is 1. The summed E-state index contributed by atoms with van der Waals surface area (Å²) in [6.07, 6.45) is 1.59. The van der Waals surface area contributed by atoms with Crippen LogP contribution in [0.4, 0.5) is 0 Å². The average molecular weight is 478 g/mol. The van der Waals surface area contributed by atoms with Crippen molar-refractivity contribution in [3.05, 3.63) is 75.8 Å². The summed E-state index contributed by atoms with van der Waals surface area (Å²) < 4.78 is 5.45. The molecule has 1 N–H and O–H groups in total. The Morgan fingerprint density at radius 2 is 1.94 bits per heavy atom. The molecule has 176 valence electrons. The summed E-state index contributed by atoms with van der Waals surface area (Å²) in [5, 5.41) is 2.43. The van der Waals surface area contributed by atoms with Crippen molar-refractivity contribution in [1.82, 2.24) is 24.7 Å². The number of rotatable bonds is 7. The topological polar surface area (TPSA) is 85.7 Å². The molecule has 0 spiro atoms. The Bertz CT molecular complexity index is 1310. The number of carbonyl (C=O) groups is 1. The molecule has 0 aliphatic carbocycles. The highest BCUT2D eigenvalue weighted by Crippen LogP contribution is 2.30. The average Bonchev–Trinajstić information content (AvgIpc) is 3.50. The van der Waals surface area contributed by atoms with Crippen LogP contribution in [0.15, 0.2) is 63.3 Å². The summed E-state index contributed by atoms with van der Waals surface area (Å²) in [6.45, 7) is 4.77. The van der Waals surface area contributed by atoms with E-state index in [1.807, 2.05) is 34.4 Å². The van der Waals surface area contributed by atoms with E-state index in [-0.39, 0.29) is 18.0 Å². The van der Waals surface area contributed by atoms with Crippen molar-refractivity contribution in [2.24, 2.45) is 0 Å². The van der Waals surface area contributed by atoms with E-state index in [0.717, 1.165) is 38.3 Å². The third-order valence-corrected chi connectivity index (χ3v) is 6.95. The second-order valence-electron chi connectivity index (χ2n) is 8.63. The first-order chi connectivity index (χ1) is 16.6. The zero-order valence-electron chi connectivity index (χ0n) is 19.1. The molecule has 0 atom stereocenters. The summed E-state index contributed by atoms with van der Waals surface area (Å²) in [6, 6.07) is 14.0. The highest BCUT2D eigenvalue weighted by atomic mass is 32.1. The zero-order valence-corrected chi connectivity index (χ0v) is 19.9. The SMILES string of the molecule is CN(CC(=O)N1CCN(Cc2ccccc2)CC1)Cc1nc2scc(-c3ccco3)c2c(=O)[nH]1. The van der Waals surface area contributed by atoms with Gasteiger partial charge in [-0.1, -0.05) is 30.3 Å². The molecule has 0 bridgehead atoms. The molecule has 0 unspecified atom stereocenters. The van der Waals surface area contributed by atoms with Crippen LogP contribution in [0.2, 0.25) is 0 Å². The standard InChI is InChI=1S/C25H27N5O3S/c1-28(16-22(31)30-11-9-29(10-12-30)14-18-6-3-2-4-7-18)15-21-26-24(32)23-19(17-34-25(23)27-21)20-8-5-13-33-20/h2-8,13,17H,9-12,14-16H2,1H3,(H,26,27,32). The molecule has 1 aromatic carbocycles. The Labute approximate surface area is 201 Å². The monoisotopic (exact) mass is 477 g/mol. The van der Waals surface area contributed by atoms with Gasteiger partial charge in [0.1, 0.15) is 16.4 Å². The van der Waals surface area contributed by atoms with Gasteiger partial charge in [0.15, 0.2) is 0 Å². The van der Waals surface area contributed by atoms with Gasteiger partial charge in [0, 0.05) is 43.7 Å². The first-order valence-corrected chi connectivity index (χ1v) is 12.2. The molecule has 3 aromatic heterocycles. The minimum absolute atomic E-state index is 0.0986. The summed E-state index contributed by atoms with van der Waals surface area (Å²) in [5.74, 6) is 1.30. The van der Waals surface area contributed by atoms with Crippen LogP contribution in [0.25, 0.3) is 21.5 Å². The van der Waals surface area contributed by atoms with Crippen LogP contribution >= 0.6 is 11.3 Å². The lowest BCUT2D eigenvalue weighted by Gasteiger charge is -2.35. The van der Waals surface area contributed by atoms with E-state index in [1.54, 1.807) is 12.3 Å². The van der Waals surface area contributed by atoms with Gasteiger partial charge in [-0.05, 0) is 24.7 Å². The van der Waals surface area contributed by atoms with Crippen LogP contribution in [0.1, 0.15) is 11.4 Å². The number of thiophene rings is 1. The van der Waals surface area contributed by atoms with Gasteiger partial charge < -0.3 is 14.3 Å². The number of aromatic amines is 1. The maximum Gasteiger partial charge on any atom is 0.260 e. The Balaban J connectivity index is 1.16. The molecule has 4 aromatic rings. The van der Waals surface area contributed by atoms with Crippen LogP contribution in [-0.4, -0.2) is 70.3 Å². The number of fused-ring (bicyclic) bond motifs is 1. The lowest BCUT2D eigenvalue weighted by molar-refractivity contribution is -0.134. The van der Waals surface area contributed by atoms with Crippen molar-refractivity contribution >= 4 is 27.5 Å². The normalized spacial score (nSPS) is 14.8. The summed E-state index contributed by atoms with van der Waals surface area (Å²) in [5.41, 5.74) is 1.85. The molecule has 1 saturated heterocycles. The van der Waals surface area contributed by atoms with Gasteiger partial charge in [-0.15, -0.1) is 11.3 Å². The lowest BCUT2D eigenvalue weighted by atomic mass is 10.2.